The number of carbonyl (C=O) groups is 1. The number of carbonyl (C=O) groups excluding carboxylic acids is 1. The van der Waals surface area contributed by atoms with Crippen LogP contribution in [-0.4, -0.2) is 55.4 Å². The van der Waals surface area contributed by atoms with E-state index in [1.54, 1.807) is 17.8 Å². The predicted octanol–water partition coefficient (Wildman–Crippen LogP) is 0.682. The number of hydrogen-bond donors (Lipinski definition) is 2. The molecule has 3 rings (SSSR count). The Bertz CT molecular complexity index is 686. The second kappa shape index (κ2) is 7.25. The molecule has 0 unspecified atom stereocenters. The van der Waals surface area contributed by atoms with Gasteiger partial charge < -0.3 is 15.2 Å². The Kier molecular flexibility index (Phi) is 5.27. The Morgan fingerprint density at radius 3 is 2.54 bits per heavy atom. The van der Waals surface area contributed by atoms with E-state index >= 15 is 0 Å². The van der Waals surface area contributed by atoms with E-state index in [0.717, 1.165) is 45.2 Å². The first-order chi connectivity index (χ1) is 11.5. The second-order valence-electron chi connectivity index (χ2n) is 6.63. The average molecular weight is 354 g/mol. The maximum atomic E-state index is 12.7. The van der Waals surface area contributed by atoms with Gasteiger partial charge in [-0.25, -0.2) is 8.42 Å². The summed E-state index contributed by atoms with van der Waals surface area (Å²) in [7, 11) is -1.79. The lowest BCUT2D eigenvalue weighted by Crippen LogP contribution is -2.43. The van der Waals surface area contributed by atoms with E-state index in [-0.39, 0.29) is 16.8 Å². The summed E-state index contributed by atoms with van der Waals surface area (Å²) in [4.78, 5) is 12.7. The third-order valence-electron chi connectivity index (χ3n) is 4.84. The maximum Gasteiger partial charge on any atom is 0.268 e. The highest BCUT2D eigenvalue weighted by Crippen LogP contribution is 2.22. The molecule has 0 aromatic carbocycles. The second-order valence-corrected chi connectivity index (χ2v) is 8.57. The zero-order chi connectivity index (χ0) is 17.2. The molecule has 7 nitrogen and oxygen atoms in total. The van der Waals surface area contributed by atoms with E-state index in [1.165, 1.54) is 10.4 Å². The summed E-state index contributed by atoms with van der Waals surface area (Å²) in [6, 6.07) is 1.65. The molecule has 3 heterocycles. The van der Waals surface area contributed by atoms with Crippen LogP contribution in [0, 0.1) is 0 Å². The number of rotatable bonds is 4. The largest absolute Gasteiger partial charge is 0.348 e. The van der Waals surface area contributed by atoms with Crippen molar-refractivity contribution in [3.8, 4) is 0 Å². The minimum Gasteiger partial charge on any atom is -0.348 e. The van der Waals surface area contributed by atoms with E-state index < -0.39 is 10.0 Å². The molecule has 0 radical (unpaired) electrons. The third-order valence-corrected chi connectivity index (χ3v) is 6.70. The fraction of sp³-hybridized carbons (Fsp3) is 0.688. The third kappa shape index (κ3) is 3.65. The van der Waals surface area contributed by atoms with Crippen LogP contribution in [0.3, 0.4) is 0 Å². The number of nitrogens with one attached hydrogen (secondary N) is 2. The lowest BCUT2D eigenvalue weighted by atomic mass is 10.1. The molecule has 0 atom stereocenters. The van der Waals surface area contributed by atoms with Gasteiger partial charge in [0.1, 0.15) is 10.6 Å². The SMILES string of the molecule is Cn1cc(S(=O)(=O)N2CCCCC2)cc1C(=O)NC1CCNCC1. The van der Waals surface area contributed by atoms with Gasteiger partial charge >= 0.3 is 0 Å². The predicted molar refractivity (Wildman–Crippen MR) is 91.4 cm³/mol. The fourth-order valence-corrected chi connectivity index (χ4v) is 4.97. The Hall–Kier alpha value is -1.38. The number of aryl methyl sites for hydroxylation is 1. The number of amides is 1. The zero-order valence-electron chi connectivity index (χ0n) is 14.1. The summed E-state index contributed by atoms with van der Waals surface area (Å²) in [6.07, 6.45) is 6.21. The smallest absolute Gasteiger partial charge is 0.268 e. The molecule has 2 fully saturated rings. The molecular weight excluding hydrogens is 328 g/mol. The first-order valence-electron chi connectivity index (χ1n) is 8.66. The first kappa shape index (κ1) is 17.4. The van der Waals surface area contributed by atoms with Gasteiger partial charge in [-0.3, -0.25) is 4.79 Å². The van der Waals surface area contributed by atoms with Crippen molar-refractivity contribution in [1.82, 2.24) is 19.5 Å². The highest BCUT2D eigenvalue weighted by molar-refractivity contribution is 7.89. The number of sulfonamides is 1. The average Bonchev–Trinajstić information content (AvgIpc) is 2.99. The summed E-state index contributed by atoms with van der Waals surface area (Å²) in [6.45, 7) is 2.92. The van der Waals surface area contributed by atoms with Crippen LogP contribution in [0.25, 0.3) is 0 Å². The molecular formula is C16H26N4O3S. The van der Waals surface area contributed by atoms with Gasteiger partial charge in [-0.2, -0.15) is 4.31 Å². The van der Waals surface area contributed by atoms with Crippen LogP contribution in [0.2, 0.25) is 0 Å². The van der Waals surface area contributed by atoms with Gasteiger partial charge in [-0.15, -0.1) is 0 Å². The van der Waals surface area contributed by atoms with Crippen LogP contribution in [0.4, 0.5) is 0 Å². The summed E-state index contributed by atoms with van der Waals surface area (Å²) in [5.41, 5.74) is 0.393. The molecule has 2 N–H and O–H groups in total. The fourth-order valence-electron chi connectivity index (χ4n) is 3.38. The van der Waals surface area contributed by atoms with E-state index in [9.17, 15) is 13.2 Å². The summed E-state index contributed by atoms with van der Waals surface area (Å²) < 4.78 is 28.6. The molecule has 2 aliphatic rings. The first-order valence-corrected chi connectivity index (χ1v) is 10.1. The molecule has 0 aliphatic carbocycles. The van der Waals surface area contributed by atoms with Gasteiger partial charge in [0.15, 0.2) is 0 Å². The minimum absolute atomic E-state index is 0.149. The molecule has 2 aliphatic heterocycles. The van der Waals surface area contributed by atoms with E-state index in [2.05, 4.69) is 10.6 Å². The van der Waals surface area contributed by atoms with Gasteiger partial charge in [0.25, 0.3) is 5.91 Å². The number of nitrogens with zero attached hydrogens (tertiary/aromatic N) is 2. The highest BCUT2D eigenvalue weighted by atomic mass is 32.2. The molecule has 2 saturated heterocycles. The summed E-state index contributed by atoms with van der Waals surface area (Å²) >= 11 is 0. The topological polar surface area (TPSA) is 83.4 Å². The lowest BCUT2D eigenvalue weighted by molar-refractivity contribution is 0.0921. The van der Waals surface area contributed by atoms with Gasteiger partial charge in [0, 0.05) is 32.4 Å². The molecule has 134 valence electrons. The number of hydrogen-bond acceptors (Lipinski definition) is 4. The standard InChI is InChI=1S/C16H26N4O3S/c1-19-12-14(24(22,23)20-9-3-2-4-10-20)11-15(19)16(21)18-13-5-7-17-8-6-13/h11-13,17H,2-10H2,1H3,(H,18,21). The maximum absolute atomic E-state index is 12.7. The van der Waals surface area contributed by atoms with Crippen LogP contribution in [-0.2, 0) is 17.1 Å². The van der Waals surface area contributed by atoms with E-state index in [0.29, 0.717) is 18.8 Å². The summed E-state index contributed by atoms with van der Waals surface area (Å²) in [5.74, 6) is -0.204. The van der Waals surface area contributed by atoms with Crippen molar-refractivity contribution >= 4 is 15.9 Å². The van der Waals surface area contributed by atoms with Crippen LogP contribution < -0.4 is 10.6 Å². The van der Waals surface area contributed by atoms with Crippen LogP contribution in [0.1, 0.15) is 42.6 Å². The highest BCUT2D eigenvalue weighted by Gasteiger charge is 2.29. The van der Waals surface area contributed by atoms with Gasteiger partial charge in [-0.05, 0) is 44.8 Å². The van der Waals surface area contributed by atoms with E-state index in [1.807, 2.05) is 0 Å². The molecule has 0 saturated carbocycles. The number of piperidine rings is 2. The summed E-state index contributed by atoms with van der Waals surface area (Å²) in [5, 5.41) is 6.27. The molecule has 0 spiro atoms. The Morgan fingerprint density at radius 1 is 1.21 bits per heavy atom. The van der Waals surface area contributed by atoms with Crippen LogP contribution in [0.5, 0.6) is 0 Å². The zero-order valence-corrected chi connectivity index (χ0v) is 14.9. The van der Waals surface area contributed by atoms with Crippen molar-refractivity contribution in [2.24, 2.45) is 7.05 Å². The lowest BCUT2D eigenvalue weighted by Gasteiger charge is -2.25. The molecule has 1 aromatic heterocycles. The van der Waals surface area contributed by atoms with Gasteiger partial charge in [0.2, 0.25) is 10.0 Å². The van der Waals surface area contributed by atoms with Crippen LogP contribution >= 0.6 is 0 Å². The Morgan fingerprint density at radius 2 is 1.88 bits per heavy atom. The van der Waals surface area contributed by atoms with Crippen molar-refractivity contribution in [3.63, 3.8) is 0 Å². The van der Waals surface area contributed by atoms with Gasteiger partial charge in [0.05, 0.1) is 0 Å². The Balaban J connectivity index is 1.75. The molecule has 1 amide bonds. The van der Waals surface area contributed by atoms with Gasteiger partial charge in [-0.1, -0.05) is 6.42 Å². The quantitative estimate of drug-likeness (QED) is 0.833. The minimum atomic E-state index is -3.51. The van der Waals surface area contributed by atoms with Crippen molar-refractivity contribution in [3.05, 3.63) is 18.0 Å². The molecule has 1 aromatic rings. The van der Waals surface area contributed by atoms with Crippen molar-refractivity contribution < 1.29 is 13.2 Å². The molecule has 0 bridgehead atoms. The Labute approximate surface area is 143 Å². The normalized spacial score (nSPS) is 20.9. The molecule has 8 heteroatoms. The van der Waals surface area contributed by atoms with Crippen molar-refractivity contribution in [1.29, 1.82) is 0 Å². The van der Waals surface area contributed by atoms with Crippen molar-refractivity contribution in [2.45, 2.75) is 43.0 Å². The van der Waals surface area contributed by atoms with Crippen molar-refractivity contribution in [2.75, 3.05) is 26.2 Å². The monoisotopic (exact) mass is 354 g/mol. The number of aromatic nitrogens is 1. The van der Waals surface area contributed by atoms with Crippen LogP contribution in [0.15, 0.2) is 17.2 Å². The van der Waals surface area contributed by atoms with E-state index in [4.69, 9.17) is 0 Å². The molecule has 24 heavy (non-hydrogen) atoms.